The van der Waals surface area contributed by atoms with Gasteiger partial charge in [0.1, 0.15) is 0 Å². The second-order valence-electron chi connectivity index (χ2n) is 6.60. The van der Waals surface area contributed by atoms with Gasteiger partial charge in [-0.1, -0.05) is 43.9 Å². The van der Waals surface area contributed by atoms with Crippen LogP contribution in [0.25, 0.3) is 0 Å². The molecule has 1 aliphatic heterocycles. The summed E-state index contributed by atoms with van der Waals surface area (Å²) in [5.41, 5.74) is 8.81. The predicted molar refractivity (Wildman–Crippen MR) is 86.3 cm³/mol. The number of nitrogens with two attached hydrogens (primary N) is 1. The first kappa shape index (κ1) is 13.9. The lowest BCUT2D eigenvalue weighted by atomic mass is 9.98. The van der Waals surface area contributed by atoms with Crippen molar-refractivity contribution >= 4 is 5.69 Å². The summed E-state index contributed by atoms with van der Waals surface area (Å²) < 4.78 is 0. The number of fused-ring (bicyclic) bond motifs is 1. The highest BCUT2D eigenvalue weighted by molar-refractivity contribution is 5.60. The molecule has 2 aliphatic rings. The first-order valence-corrected chi connectivity index (χ1v) is 8.42. The molecular weight excluding hydrogens is 244 g/mol. The number of hydrogen-bond donors (Lipinski definition) is 1. The van der Waals surface area contributed by atoms with E-state index in [4.69, 9.17) is 5.73 Å². The van der Waals surface area contributed by atoms with Gasteiger partial charge in [-0.25, -0.2) is 0 Å². The number of rotatable bonds is 4. The lowest BCUT2D eigenvalue weighted by molar-refractivity contribution is 0.452. The smallest absolute Gasteiger partial charge is 0.0402 e. The van der Waals surface area contributed by atoms with E-state index >= 15 is 0 Å². The molecule has 1 aromatic carbocycles. The topological polar surface area (TPSA) is 29.3 Å². The van der Waals surface area contributed by atoms with Crippen molar-refractivity contribution in [3.63, 3.8) is 0 Å². The van der Waals surface area contributed by atoms with Crippen molar-refractivity contribution in [1.82, 2.24) is 0 Å². The van der Waals surface area contributed by atoms with Crippen molar-refractivity contribution < 1.29 is 0 Å². The van der Waals surface area contributed by atoms with E-state index in [1.807, 2.05) is 0 Å². The number of para-hydroxylation sites is 1. The van der Waals surface area contributed by atoms with E-state index in [1.165, 1.54) is 62.9 Å². The summed E-state index contributed by atoms with van der Waals surface area (Å²) in [6.45, 7) is 3.25. The first-order valence-electron chi connectivity index (χ1n) is 8.42. The molecule has 0 radical (unpaired) electrons. The molecule has 1 saturated carbocycles. The van der Waals surface area contributed by atoms with E-state index in [-0.39, 0.29) is 0 Å². The minimum absolute atomic E-state index is 0.655. The fourth-order valence-electron chi connectivity index (χ4n) is 4.06. The molecule has 110 valence electrons. The van der Waals surface area contributed by atoms with Gasteiger partial charge in [0.2, 0.25) is 0 Å². The maximum absolute atomic E-state index is 5.80. The molecule has 1 aliphatic carbocycles. The molecule has 1 heterocycles. The molecule has 0 spiro atoms. The summed E-state index contributed by atoms with van der Waals surface area (Å²) in [6, 6.07) is 8.98. The van der Waals surface area contributed by atoms with Crippen LogP contribution >= 0.6 is 0 Å². The van der Waals surface area contributed by atoms with Crippen LogP contribution in [0.4, 0.5) is 5.69 Å². The molecule has 3 rings (SSSR count). The van der Waals surface area contributed by atoms with Gasteiger partial charge >= 0.3 is 0 Å². The van der Waals surface area contributed by atoms with Crippen LogP contribution in [0.15, 0.2) is 24.3 Å². The number of anilines is 1. The average molecular weight is 272 g/mol. The van der Waals surface area contributed by atoms with Gasteiger partial charge in [-0.15, -0.1) is 0 Å². The quantitative estimate of drug-likeness (QED) is 0.842. The van der Waals surface area contributed by atoms with Gasteiger partial charge in [0.05, 0.1) is 0 Å². The Balaban J connectivity index is 1.70. The summed E-state index contributed by atoms with van der Waals surface area (Å²) in [5, 5.41) is 0. The second-order valence-corrected chi connectivity index (χ2v) is 6.60. The van der Waals surface area contributed by atoms with Crippen molar-refractivity contribution in [2.24, 2.45) is 11.7 Å². The Morgan fingerprint density at radius 3 is 2.55 bits per heavy atom. The van der Waals surface area contributed by atoms with Gasteiger partial charge in [0.25, 0.3) is 0 Å². The zero-order chi connectivity index (χ0) is 13.8. The molecule has 0 bridgehead atoms. The van der Waals surface area contributed by atoms with Gasteiger partial charge in [-0.05, 0) is 43.4 Å². The third-order valence-corrected chi connectivity index (χ3v) is 5.13. The summed E-state index contributed by atoms with van der Waals surface area (Å²) in [6.07, 6.45) is 9.75. The lowest BCUT2D eigenvalue weighted by Gasteiger charge is -2.25. The van der Waals surface area contributed by atoms with E-state index in [9.17, 15) is 0 Å². The average Bonchev–Trinajstić information content (AvgIpc) is 2.65. The highest BCUT2D eigenvalue weighted by Gasteiger charge is 2.29. The van der Waals surface area contributed by atoms with Gasteiger partial charge in [-0.3, -0.25) is 0 Å². The maximum Gasteiger partial charge on any atom is 0.0402 e. The maximum atomic E-state index is 5.80. The SMILES string of the molecule is NCCC1CN(CC2CCCCCC2)c2ccccc21. The minimum atomic E-state index is 0.655. The van der Waals surface area contributed by atoms with Crippen LogP contribution in [0.2, 0.25) is 0 Å². The van der Waals surface area contributed by atoms with E-state index in [2.05, 4.69) is 29.2 Å². The van der Waals surface area contributed by atoms with E-state index in [0.717, 1.165) is 18.9 Å². The Bertz CT molecular complexity index is 421. The zero-order valence-corrected chi connectivity index (χ0v) is 12.6. The second kappa shape index (κ2) is 6.62. The summed E-state index contributed by atoms with van der Waals surface area (Å²) in [4.78, 5) is 2.64. The molecule has 2 heteroatoms. The first-order chi connectivity index (χ1) is 9.88. The van der Waals surface area contributed by atoms with Gasteiger partial charge in [0.15, 0.2) is 0 Å². The van der Waals surface area contributed by atoms with Gasteiger partial charge < -0.3 is 10.6 Å². The Morgan fingerprint density at radius 2 is 1.80 bits per heavy atom. The van der Waals surface area contributed by atoms with Crippen LogP contribution in [0.1, 0.15) is 56.4 Å². The van der Waals surface area contributed by atoms with Crippen molar-refractivity contribution in [2.75, 3.05) is 24.5 Å². The lowest BCUT2D eigenvalue weighted by Crippen LogP contribution is -2.28. The van der Waals surface area contributed by atoms with Crippen molar-refractivity contribution in [2.45, 2.75) is 50.9 Å². The molecule has 2 nitrogen and oxygen atoms in total. The molecule has 0 saturated heterocycles. The number of hydrogen-bond acceptors (Lipinski definition) is 2. The Labute approximate surface area is 123 Å². The van der Waals surface area contributed by atoms with Crippen molar-refractivity contribution in [1.29, 1.82) is 0 Å². The molecule has 0 amide bonds. The molecule has 2 N–H and O–H groups in total. The minimum Gasteiger partial charge on any atom is -0.370 e. The number of nitrogens with zero attached hydrogens (tertiary/aromatic N) is 1. The highest BCUT2D eigenvalue weighted by Crippen LogP contribution is 2.39. The van der Waals surface area contributed by atoms with Crippen LogP contribution in [0, 0.1) is 5.92 Å². The fourth-order valence-corrected chi connectivity index (χ4v) is 4.06. The van der Waals surface area contributed by atoms with E-state index in [1.54, 1.807) is 0 Å². The Morgan fingerprint density at radius 1 is 1.05 bits per heavy atom. The Kier molecular flexibility index (Phi) is 4.62. The van der Waals surface area contributed by atoms with Crippen molar-refractivity contribution in [3.8, 4) is 0 Å². The molecule has 1 atom stereocenters. The van der Waals surface area contributed by atoms with Crippen LogP contribution in [0.5, 0.6) is 0 Å². The molecule has 1 aromatic rings. The summed E-state index contributed by atoms with van der Waals surface area (Å²) in [5.74, 6) is 1.56. The highest BCUT2D eigenvalue weighted by atomic mass is 15.2. The molecule has 1 fully saturated rings. The molecular formula is C18H28N2. The number of benzene rings is 1. The molecule has 20 heavy (non-hydrogen) atoms. The normalized spacial score (nSPS) is 23.6. The third-order valence-electron chi connectivity index (χ3n) is 5.13. The third kappa shape index (κ3) is 3.01. The van der Waals surface area contributed by atoms with E-state index in [0.29, 0.717) is 5.92 Å². The standard InChI is InChI=1S/C18H28N2/c19-12-11-16-14-20(18-10-6-5-9-17(16)18)13-15-7-3-1-2-4-8-15/h5-6,9-10,15-16H,1-4,7-8,11-14,19H2. The van der Waals surface area contributed by atoms with Crippen LogP contribution in [-0.4, -0.2) is 19.6 Å². The predicted octanol–water partition coefficient (Wildman–Crippen LogP) is 3.91. The molecule has 0 aromatic heterocycles. The van der Waals surface area contributed by atoms with Crippen molar-refractivity contribution in [3.05, 3.63) is 29.8 Å². The monoisotopic (exact) mass is 272 g/mol. The van der Waals surface area contributed by atoms with E-state index < -0.39 is 0 Å². The van der Waals surface area contributed by atoms with Crippen LogP contribution < -0.4 is 10.6 Å². The van der Waals surface area contributed by atoms with Gasteiger partial charge in [-0.2, -0.15) is 0 Å². The largest absolute Gasteiger partial charge is 0.370 e. The van der Waals surface area contributed by atoms with Crippen LogP contribution in [0.3, 0.4) is 0 Å². The molecule has 1 unspecified atom stereocenters. The van der Waals surface area contributed by atoms with Crippen LogP contribution in [-0.2, 0) is 0 Å². The zero-order valence-electron chi connectivity index (χ0n) is 12.6. The fraction of sp³-hybridized carbons (Fsp3) is 0.667. The summed E-state index contributed by atoms with van der Waals surface area (Å²) in [7, 11) is 0. The van der Waals surface area contributed by atoms with Gasteiger partial charge in [0, 0.05) is 24.7 Å². The summed E-state index contributed by atoms with van der Waals surface area (Å²) >= 11 is 0. The Hall–Kier alpha value is -1.02.